The number of methoxy groups -OCH3 is 1. The average Bonchev–Trinajstić information content (AvgIpc) is 2.36. The van der Waals surface area contributed by atoms with Crippen LogP contribution in [0.25, 0.3) is 0 Å². The van der Waals surface area contributed by atoms with Crippen LogP contribution >= 0.6 is 0 Å². The molecular weight excluding hydrogens is 267 g/mol. The lowest BCUT2D eigenvalue weighted by molar-refractivity contribution is -0.138. The second-order valence-electron chi connectivity index (χ2n) is 5.67. The Morgan fingerprint density at radius 1 is 1.15 bits per heavy atom. The minimum absolute atomic E-state index is 0.0107. The normalized spacial score (nSPS) is 12.7. The first-order valence-corrected chi connectivity index (χ1v) is 6.61. The topological polar surface area (TPSA) is 21.3 Å². The fourth-order valence-electron chi connectivity index (χ4n) is 1.95. The Morgan fingerprint density at radius 2 is 1.80 bits per heavy atom. The van der Waals surface area contributed by atoms with E-state index in [-0.39, 0.29) is 17.5 Å². The largest absolute Gasteiger partial charge is 0.416 e. The van der Waals surface area contributed by atoms with E-state index in [9.17, 15) is 13.2 Å². The molecular formula is C15H22F3NO. The quantitative estimate of drug-likeness (QED) is 0.823. The second-order valence-corrected chi connectivity index (χ2v) is 5.67. The molecule has 5 heteroatoms. The highest BCUT2D eigenvalue weighted by atomic mass is 19.4. The van der Waals surface area contributed by atoms with E-state index in [2.05, 4.69) is 19.2 Å². The molecule has 1 aromatic carbocycles. The number of benzene rings is 1. The van der Waals surface area contributed by atoms with Crippen LogP contribution in [0.4, 0.5) is 13.2 Å². The lowest BCUT2D eigenvalue weighted by atomic mass is 9.89. The average molecular weight is 289 g/mol. The third-order valence-electron chi connectivity index (χ3n) is 3.22. The van der Waals surface area contributed by atoms with Crippen molar-refractivity contribution in [1.82, 2.24) is 5.32 Å². The Bertz CT molecular complexity index is 416. The lowest BCUT2D eigenvalue weighted by Gasteiger charge is -2.25. The number of nitrogens with one attached hydrogen (secondary N) is 1. The molecule has 0 aliphatic carbocycles. The van der Waals surface area contributed by atoms with Crippen molar-refractivity contribution >= 4 is 0 Å². The van der Waals surface area contributed by atoms with Gasteiger partial charge in [0.2, 0.25) is 0 Å². The van der Waals surface area contributed by atoms with Gasteiger partial charge in [-0.25, -0.2) is 0 Å². The van der Waals surface area contributed by atoms with Gasteiger partial charge in [0.25, 0.3) is 0 Å². The highest BCUT2D eigenvalue weighted by Crippen LogP contribution is 2.31. The molecule has 0 saturated heterocycles. The fraction of sp³-hybridized carbons (Fsp3) is 0.600. The monoisotopic (exact) mass is 289 g/mol. The first kappa shape index (κ1) is 17.0. The van der Waals surface area contributed by atoms with Crippen molar-refractivity contribution in [1.29, 1.82) is 0 Å². The summed E-state index contributed by atoms with van der Waals surface area (Å²) in [5, 5.41) is 3.11. The molecule has 0 atom stereocenters. The zero-order valence-electron chi connectivity index (χ0n) is 12.2. The van der Waals surface area contributed by atoms with E-state index in [1.165, 1.54) is 12.1 Å². The Labute approximate surface area is 118 Å². The van der Waals surface area contributed by atoms with E-state index in [1.54, 1.807) is 13.2 Å². The molecule has 0 aliphatic rings. The molecule has 20 heavy (non-hydrogen) atoms. The molecule has 0 bridgehead atoms. The van der Waals surface area contributed by atoms with Crippen LogP contribution < -0.4 is 5.32 Å². The summed E-state index contributed by atoms with van der Waals surface area (Å²) in [5.74, 6) is 0. The zero-order chi connectivity index (χ0) is 15.2. The van der Waals surface area contributed by atoms with Crippen molar-refractivity contribution in [2.45, 2.75) is 33.0 Å². The summed E-state index contributed by atoms with van der Waals surface area (Å²) in [7, 11) is 1.64. The molecule has 1 aromatic rings. The summed E-state index contributed by atoms with van der Waals surface area (Å²) in [6.45, 7) is 5.63. The van der Waals surface area contributed by atoms with Gasteiger partial charge in [-0.2, -0.15) is 13.2 Å². The Balaban J connectivity index is 2.59. The summed E-state index contributed by atoms with van der Waals surface area (Å²) in [6, 6.07) is 5.67. The highest BCUT2D eigenvalue weighted by molar-refractivity contribution is 5.29. The molecule has 0 unspecified atom stereocenters. The molecule has 0 radical (unpaired) electrons. The van der Waals surface area contributed by atoms with Gasteiger partial charge in [0.15, 0.2) is 0 Å². The summed E-state index contributed by atoms with van der Waals surface area (Å²) in [6.07, 6.45) is -3.44. The molecule has 1 rings (SSSR count). The van der Waals surface area contributed by atoms with Crippen molar-refractivity contribution in [2.24, 2.45) is 5.41 Å². The molecule has 0 amide bonds. The SMILES string of the molecule is COCCC(C)(C)CNCc1ccccc1C(F)(F)F. The van der Waals surface area contributed by atoms with Crippen molar-refractivity contribution in [2.75, 3.05) is 20.3 Å². The van der Waals surface area contributed by atoms with Gasteiger partial charge in [0, 0.05) is 26.8 Å². The number of ether oxygens (including phenoxy) is 1. The van der Waals surface area contributed by atoms with Gasteiger partial charge in [-0.05, 0) is 23.5 Å². The van der Waals surface area contributed by atoms with Crippen LogP contribution in [0.1, 0.15) is 31.4 Å². The van der Waals surface area contributed by atoms with Crippen molar-refractivity contribution in [3.63, 3.8) is 0 Å². The lowest BCUT2D eigenvalue weighted by Crippen LogP contribution is -2.30. The summed E-state index contributed by atoms with van der Waals surface area (Å²) in [5.41, 5.74) is -0.298. The van der Waals surface area contributed by atoms with Crippen molar-refractivity contribution in [3.8, 4) is 0 Å². The molecule has 114 valence electrons. The predicted octanol–water partition coefficient (Wildman–Crippen LogP) is 3.86. The van der Waals surface area contributed by atoms with Crippen LogP contribution in [0.5, 0.6) is 0 Å². The van der Waals surface area contributed by atoms with E-state index in [0.717, 1.165) is 12.5 Å². The number of alkyl halides is 3. The zero-order valence-corrected chi connectivity index (χ0v) is 12.2. The summed E-state index contributed by atoms with van der Waals surface area (Å²) < 4.78 is 43.5. The van der Waals surface area contributed by atoms with Crippen LogP contribution in [0.2, 0.25) is 0 Å². The first-order chi connectivity index (χ1) is 9.26. The van der Waals surface area contributed by atoms with Crippen molar-refractivity contribution in [3.05, 3.63) is 35.4 Å². The molecule has 0 heterocycles. The van der Waals surface area contributed by atoms with E-state index >= 15 is 0 Å². The molecule has 0 saturated carbocycles. The van der Waals surface area contributed by atoms with E-state index in [1.807, 2.05) is 0 Å². The molecule has 0 aliphatic heterocycles. The van der Waals surface area contributed by atoms with Gasteiger partial charge >= 0.3 is 6.18 Å². The number of rotatable bonds is 7. The van der Waals surface area contributed by atoms with Crippen LogP contribution in [-0.4, -0.2) is 20.3 Å². The summed E-state index contributed by atoms with van der Waals surface area (Å²) in [4.78, 5) is 0. The minimum atomic E-state index is -4.30. The fourth-order valence-corrected chi connectivity index (χ4v) is 1.95. The third kappa shape index (κ3) is 5.51. The highest BCUT2D eigenvalue weighted by Gasteiger charge is 2.32. The maximum Gasteiger partial charge on any atom is 0.416 e. The molecule has 2 nitrogen and oxygen atoms in total. The molecule has 0 spiro atoms. The minimum Gasteiger partial charge on any atom is -0.385 e. The van der Waals surface area contributed by atoms with Crippen LogP contribution in [0.3, 0.4) is 0 Å². The Morgan fingerprint density at radius 3 is 2.40 bits per heavy atom. The van der Waals surface area contributed by atoms with Gasteiger partial charge in [-0.1, -0.05) is 32.0 Å². The van der Waals surface area contributed by atoms with Gasteiger partial charge < -0.3 is 10.1 Å². The van der Waals surface area contributed by atoms with E-state index in [0.29, 0.717) is 13.2 Å². The van der Waals surface area contributed by atoms with Gasteiger partial charge in [-0.15, -0.1) is 0 Å². The summed E-state index contributed by atoms with van der Waals surface area (Å²) >= 11 is 0. The maximum absolute atomic E-state index is 12.8. The van der Waals surface area contributed by atoms with Gasteiger partial charge in [-0.3, -0.25) is 0 Å². The van der Waals surface area contributed by atoms with Gasteiger partial charge in [0.1, 0.15) is 0 Å². The standard InChI is InChI=1S/C15H22F3NO/c1-14(2,8-9-20-3)11-19-10-12-6-4-5-7-13(12)15(16,17)18/h4-7,19H,8-11H2,1-3H3. The third-order valence-corrected chi connectivity index (χ3v) is 3.22. The number of hydrogen-bond acceptors (Lipinski definition) is 2. The Hall–Kier alpha value is -1.07. The molecule has 0 aromatic heterocycles. The number of halogens is 3. The van der Waals surface area contributed by atoms with E-state index in [4.69, 9.17) is 4.74 Å². The number of hydrogen-bond donors (Lipinski definition) is 1. The predicted molar refractivity (Wildman–Crippen MR) is 73.4 cm³/mol. The van der Waals surface area contributed by atoms with E-state index < -0.39 is 11.7 Å². The van der Waals surface area contributed by atoms with Crippen LogP contribution in [0, 0.1) is 5.41 Å². The Kier molecular flexibility index (Phi) is 6.02. The molecule has 0 fully saturated rings. The smallest absolute Gasteiger partial charge is 0.385 e. The van der Waals surface area contributed by atoms with Crippen molar-refractivity contribution < 1.29 is 17.9 Å². The van der Waals surface area contributed by atoms with Gasteiger partial charge in [0.05, 0.1) is 5.56 Å². The van der Waals surface area contributed by atoms with Crippen LogP contribution in [-0.2, 0) is 17.5 Å². The first-order valence-electron chi connectivity index (χ1n) is 6.61. The molecule has 1 N–H and O–H groups in total. The second kappa shape index (κ2) is 7.09. The van der Waals surface area contributed by atoms with Crippen LogP contribution in [0.15, 0.2) is 24.3 Å². The maximum atomic E-state index is 12.8.